The zero-order valence-electron chi connectivity index (χ0n) is 20.6. The summed E-state index contributed by atoms with van der Waals surface area (Å²) in [6.45, 7) is 3.43. The summed E-state index contributed by atoms with van der Waals surface area (Å²) in [5.41, 5.74) is 0.502. The Kier molecular flexibility index (Phi) is 6.57. The van der Waals surface area contributed by atoms with Crippen LogP contribution in [0.15, 0.2) is 60.7 Å². The van der Waals surface area contributed by atoms with Crippen molar-refractivity contribution in [2.24, 2.45) is 11.8 Å². The molecule has 3 heterocycles. The van der Waals surface area contributed by atoms with Gasteiger partial charge in [0.2, 0.25) is 17.7 Å². The fourth-order valence-corrected chi connectivity index (χ4v) is 6.33. The van der Waals surface area contributed by atoms with Crippen LogP contribution in [0, 0.1) is 11.8 Å². The highest BCUT2D eigenvalue weighted by Gasteiger charge is 2.75. The van der Waals surface area contributed by atoms with Gasteiger partial charge in [-0.25, -0.2) is 0 Å². The zero-order chi connectivity index (χ0) is 25.4. The third-order valence-electron chi connectivity index (χ3n) is 7.68. The van der Waals surface area contributed by atoms with E-state index in [0.29, 0.717) is 24.9 Å². The molecule has 2 unspecified atom stereocenters. The van der Waals surface area contributed by atoms with Crippen LogP contribution in [-0.4, -0.2) is 64.2 Å². The van der Waals surface area contributed by atoms with Gasteiger partial charge >= 0.3 is 0 Å². The quantitative estimate of drug-likeness (QED) is 0.524. The lowest BCUT2D eigenvalue weighted by Crippen LogP contribution is -2.59. The second-order valence-corrected chi connectivity index (χ2v) is 10.3. The molecule has 1 spiro atoms. The van der Waals surface area contributed by atoms with Crippen molar-refractivity contribution in [1.82, 2.24) is 10.2 Å². The summed E-state index contributed by atoms with van der Waals surface area (Å²) in [6.07, 6.45) is 1.07. The van der Waals surface area contributed by atoms with E-state index in [-0.39, 0.29) is 30.4 Å². The molecular weight excluding hydrogens is 458 g/mol. The third-order valence-corrected chi connectivity index (χ3v) is 7.68. The number of carbonyl (C=O) groups excluding carboxylic acids is 3. The van der Waals surface area contributed by atoms with Crippen LogP contribution in [0.3, 0.4) is 0 Å². The smallest absolute Gasteiger partial charge is 0.246 e. The summed E-state index contributed by atoms with van der Waals surface area (Å²) in [4.78, 5) is 42.7. The number of nitrogens with zero attached hydrogens (tertiary/aromatic N) is 1. The number of anilines is 1. The SMILES string of the molecule is CC(C)NC(=O)C1N([C@@H](CO)Cc2ccccc2)C(=O)[C@@H]2[C@@H](C(=O)Nc3ccccc3)[C@H]3CCC12O3. The molecule has 2 aromatic carbocycles. The number of aliphatic hydroxyl groups excluding tert-OH is 1. The molecule has 8 heteroatoms. The maximum Gasteiger partial charge on any atom is 0.246 e. The summed E-state index contributed by atoms with van der Waals surface area (Å²) in [5, 5.41) is 16.3. The number of para-hydroxylation sites is 1. The van der Waals surface area contributed by atoms with Crippen molar-refractivity contribution >= 4 is 23.4 Å². The molecule has 6 atom stereocenters. The first-order valence-electron chi connectivity index (χ1n) is 12.7. The fourth-order valence-electron chi connectivity index (χ4n) is 6.33. The molecule has 3 N–H and O–H groups in total. The highest BCUT2D eigenvalue weighted by atomic mass is 16.5. The van der Waals surface area contributed by atoms with Gasteiger partial charge in [-0.3, -0.25) is 14.4 Å². The number of likely N-dealkylation sites (tertiary alicyclic amines) is 1. The molecule has 3 saturated heterocycles. The molecule has 8 nitrogen and oxygen atoms in total. The van der Waals surface area contributed by atoms with Crippen LogP contribution in [0.5, 0.6) is 0 Å². The number of fused-ring (bicyclic) bond motifs is 1. The molecule has 190 valence electrons. The molecule has 0 saturated carbocycles. The van der Waals surface area contributed by atoms with Crippen molar-refractivity contribution in [1.29, 1.82) is 0 Å². The maximum absolute atomic E-state index is 14.1. The second-order valence-electron chi connectivity index (χ2n) is 10.3. The predicted molar refractivity (Wildman–Crippen MR) is 134 cm³/mol. The summed E-state index contributed by atoms with van der Waals surface area (Å²) < 4.78 is 6.45. The standard InChI is InChI=1S/C28H33N3O5/c1-17(2)29-26(34)24-28-14-13-21(36-28)22(25(33)30-19-11-7-4-8-12-19)23(28)27(35)31(24)20(16-32)15-18-9-5-3-6-10-18/h3-12,17,20-24,32H,13-16H2,1-2H3,(H,29,34)(H,30,33)/t20-,21-,22+,23+,24?,28?/m1/s1. The lowest BCUT2D eigenvalue weighted by atomic mass is 9.70. The van der Waals surface area contributed by atoms with Crippen LogP contribution in [-0.2, 0) is 25.5 Å². The third kappa shape index (κ3) is 4.08. The molecular formula is C28H33N3O5. The van der Waals surface area contributed by atoms with E-state index in [0.717, 1.165) is 5.56 Å². The number of hydrogen-bond donors (Lipinski definition) is 3. The Morgan fingerprint density at radius 3 is 2.39 bits per heavy atom. The van der Waals surface area contributed by atoms with Crippen LogP contribution in [0.4, 0.5) is 5.69 Å². The summed E-state index contributed by atoms with van der Waals surface area (Å²) in [5.74, 6) is -2.38. The van der Waals surface area contributed by atoms with Gasteiger partial charge in [-0.15, -0.1) is 0 Å². The van der Waals surface area contributed by atoms with Crippen LogP contribution < -0.4 is 10.6 Å². The minimum Gasteiger partial charge on any atom is -0.394 e. The zero-order valence-corrected chi connectivity index (χ0v) is 20.6. The molecule has 5 rings (SSSR count). The Balaban J connectivity index is 1.51. The molecule has 3 fully saturated rings. The second kappa shape index (κ2) is 9.67. The van der Waals surface area contributed by atoms with Gasteiger partial charge in [-0.05, 0) is 50.8 Å². The van der Waals surface area contributed by atoms with Crippen molar-refractivity contribution < 1.29 is 24.2 Å². The van der Waals surface area contributed by atoms with E-state index >= 15 is 0 Å². The average molecular weight is 492 g/mol. The minimum atomic E-state index is -1.09. The summed E-state index contributed by atoms with van der Waals surface area (Å²) in [7, 11) is 0. The normalized spacial score (nSPS) is 29.3. The largest absolute Gasteiger partial charge is 0.394 e. The summed E-state index contributed by atoms with van der Waals surface area (Å²) in [6, 6.07) is 17.0. The Morgan fingerprint density at radius 2 is 1.75 bits per heavy atom. The number of nitrogens with one attached hydrogen (secondary N) is 2. The van der Waals surface area contributed by atoms with E-state index in [4.69, 9.17) is 4.74 Å². The van der Waals surface area contributed by atoms with Crippen molar-refractivity contribution in [3.8, 4) is 0 Å². The first kappa shape index (κ1) is 24.5. The molecule has 2 aromatic rings. The number of benzene rings is 2. The number of ether oxygens (including phenoxy) is 1. The van der Waals surface area contributed by atoms with Crippen LogP contribution in [0.25, 0.3) is 0 Å². The van der Waals surface area contributed by atoms with E-state index in [1.807, 2.05) is 62.4 Å². The van der Waals surface area contributed by atoms with Crippen molar-refractivity contribution in [3.63, 3.8) is 0 Å². The van der Waals surface area contributed by atoms with E-state index in [9.17, 15) is 19.5 Å². The molecule has 3 aliphatic heterocycles. The van der Waals surface area contributed by atoms with Gasteiger partial charge in [-0.1, -0.05) is 48.5 Å². The van der Waals surface area contributed by atoms with Gasteiger partial charge < -0.3 is 25.4 Å². The van der Waals surface area contributed by atoms with Gasteiger partial charge in [-0.2, -0.15) is 0 Å². The van der Waals surface area contributed by atoms with Crippen LogP contribution >= 0.6 is 0 Å². The Morgan fingerprint density at radius 1 is 1.08 bits per heavy atom. The fraction of sp³-hybridized carbons (Fsp3) is 0.464. The number of rotatable bonds is 8. The summed E-state index contributed by atoms with van der Waals surface area (Å²) >= 11 is 0. The number of amides is 3. The number of carbonyl (C=O) groups is 3. The molecule has 0 aliphatic carbocycles. The van der Waals surface area contributed by atoms with Crippen molar-refractivity contribution in [2.75, 3.05) is 11.9 Å². The lowest BCUT2D eigenvalue weighted by Gasteiger charge is -2.37. The van der Waals surface area contributed by atoms with Crippen LogP contribution in [0.2, 0.25) is 0 Å². The molecule has 0 aromatic heterocycles. The highest BCUT2D eigenvalue weighted by molar-refractivity contribution is 6.02. The number of hydrogen-bond acceptors (Lipinski definition) is 5. The molecule has 3 amide bonds. The molecule has 2 bridgehead atoms. The average Bonchev–Trinajstić information content (AvgIpc) is 3.51. The van der Waals surface area contributed by atoms with E-state index < -0.39 is 35.6 Å². The molecule has 3 aliphatic rings. The van der Waals surface area contributed by atoms with Gasteiger partial charge in [0, 0.05) is 11.7 Å². The van der Waals surface area contributed by atoms with Gasteiger partial charge in [0.25, 0.3) is 0 Å². The molecule has 0 radical (unpaired) electrons. The van der Waals surface area contributed by atoms with Gasteiger partial charge in [0.05, 0.1) is 30.6 Å². The van der Waals surface area contributed by atoms with E-state index in [1.165, 1.54) is 4.90 Å². The minimum absolute atomic E-state index is 0.137. The van der Waals surface area contributed by atoms with E-state index in [1.54, 1.807) is 12.1 Å². The van der Waals surface area contributed by atoms with Crippen LogP contribution in [0.1, 0.15) is 32.3 Å². The maximum atomic E-state index is 14.1. The topological polar surface area (TPSA) is 108 Å². The monoisotopic (exact) mass is 491 g/mol. The predicted octanol–water partition coefficient (Wildman–Crippen LogP) is 2.13. The Hall–Kier alpha value is -3.23. The van der Waals surface area contributed by atoms with E-state index in [2.05, 4.69) is 10.6 Å². The van der Waals surface area contributed by atoms with Crippen molar-refractivity contribution in [2.45, 2.75) is 62.9 Å². The Labute approximate surface area is 211 Å². The molecule has 36 heavy (non-hydrogen) atoms. The number of aliphatic hydroxyl groups is 1. The Bertz CT molecular complexity index is 1120. The van der Waals surface area contributed by atoms with Gasteiger partial charge in [0.15, 0.2) is 0 Å². The van der Waals surface area contributed by atoms with Crippen molar-refractivity contribution in [3.05, 3.63) is 66.2 Å². The first-order valence-corrected chi connectivity index (χ1v) is 12.7. The van der Waals surface area contributed by atoms with Gasteiger partial charge in [0.1, 0.15) is 11.6 Å². The first-order chi connectivity index (χ1) is 17.4. The highest BCUT2D eigenvalue weighted by Crippen LogP contribution is 2.59. The lowest BCUT2D eigenvalue weighted by molar-refractivity contribution is -0.145.